The Balaban J connectivity index is 1.28. The van der Waals surface area contributed by atoms with Gasteiger partial charge in [0, 0.05) is 40.6 Å². The van der Waals surface area contributed by atoms with Crippen molar-refractivity contribution < 1.29 is 9.53 Å². The van der Waals surface area contributed by atoms with Gasteiger partial charge in [0.05, 0.1) is 12.1 Å². The molecular formula is C26H26N4O2. The van der Waals surface area contributed by atoms with Crippen molar-refractivity contribution in [3.05, 3.63) is 78.2 Å². The summed E-state index contributed by atoms with van der Waals surface area (Å²) in [5, 5.41) is 4.15. The van der Waals surface area contributed by atoms with Crippen LogP contribution in [0.15, 0.2) is 67.1 Å². The minimum Gasteiger partial charge on any atom is -0.490 e. The first-order valence-corrected chi connectivity index (χ1v) is 11.0. The Kier molecular flexibility index (Phi) is 5.37. The fourth-order valence-corrected chi connectivity index (χ4v) is 4.41. The minimum absolute atomic E-state index is 0.0686. The number of ether oxygens (including phenoxy) is 1. The van der Waals surface area contributed by atoms with Gasteiger partial charge in [-0.25, -0.2) is 0 Å². The lowest BCUT2D eigenvalue weighted by Gasteiger charge is -2.14. The Morgan fingerprint density at radius 2 is 2.00 bits per heavy atom. The molecule has 5 rings (SSSR count). The highest BCUT2D eigenvalue weighted by Gasteiger charge is 2.29. The van der Waals surface area contributed by atoms with Crippen LogP contribution in [0.5, 0.6) is 5.75 Å². The number of benzene rings is 2. The smallest absolute Gasteiger partial charge is 0.231 e. The zero-order valence-corrected chi connectivity index (χ0v) is 18.0. The number of aromatic nitrogens is 2. The van der Waals surface area contributed by atoms with Gasteiger partial charge in [0.1, 0.15) is 12.4 Å². The molecular weight excluding hydrogens is 400 g/mol. The van der Waals surface area contributed by atoms with Crippen LogP contribution in [0.4, 0.5) is 5.69 Å². The van der Waals surface area contributed by atoms with Gasteiger partial charge in [0.2, 0.25) is 5.91 Å². The molecule has 2 aromatic carbocycles. The van der Waals surface area contributed by atoms with Gasteiger partial charge in [-0.3, -0.25) is 9.78 Å². The summed E-state index contributed by atoms with van der Waals surface area (Å²) in [7, 11) is 0. The largest absolute Gasteiger partial charge is 0.490 e. The number of H-pyrrole nitrogens is 1. The number of nitrogens with zero attached hydrogens (tertiary/aromatic N) is 1. The Morgan fingerprint density at radius 1 is 1.12 bits per heavy atom. The topological polar surface area (TPSA) is 93.0 Å². The van der Waals surface area contributed by atoms with Crippen molar-refractivity contribution in [2.75, 3.05) is 11.9 Å². The van der Waals surface area contributed by atoms with Gasteiger partial charge in [0.15, 0.2) is 0 Å². The van der Waals surface area contributed by atoms with E-state index in [1.807, 2.05) is 49.6 Å². The van der Waals surface area contributed by atoms with Crippen LogP contribution in [0, 0.1) is 0 Å². The second-order valence-electron chi connectivity index (χ2n) is 8.30. The maximum absolute atomic E-state index is 12.1. The first kappa shape index (κ1) is 20.3. The number of para-hydroxylation sites is 1. The number of fused-ring (bicyclic) bond motifs is 2. The number of rotatable bonds is 7. The van der Waals surface area contributed by atoms with Crippen LogP contribution in [0.3, 0.4) is 0 Å². The monoisotopic (exact) mass is 426 g/mol. The molecule has 3 heterocycles. The number of aromatic amines is 1. The highest BCUT2D eigenvalue weighted by molar-refractivity contribution is 6.03. The predicted octanol–water partition coefficient (Wildman–Crippen LogP) is 4.62. The van der Waals surface area contributed by atoms with Crippen LogP contribution in [-0.4, -0.2) is 28.5 Å². The number of nitrogens with one attached hydrogen (secondary N) is 2. The molecule has 6 heteroatoms. The average Bonchev–Trinajstić information content (AvgIpc) is 3.37. The third-order valence-corrected chi connectivity index (χ3v) is 6.08. The first-order chi connectivity index (χ1) is 15.6. The Labute approximate surface area is 186 Å². The van der Waals surface area contributed by atoms with Crippen molar-refractivity contribution in [3.63, 3.8) is 0 Å². The summed E-state index contributed by atoms with van der Waals surface area (Å²) in [6, 6.07) is 16.1. The summed E-state index contributed by atoms with van der Waals surface area (Å²) < 4.78 is 5.98. The van der Waals surface area contributed by atoms with E-state index in [1.165, 1.54) is 10.9 Å². The number of nitrogens with two attached hydrogens (primary N) is 1. The quantitative estimate of drug-likeness (QED) is 0.402. The third-order valence-electron chi connectivity index (χ3n) is 6.08. The Hall–Kier alpha value is -3.64. The minimum atomic E-state index is -0.139. The molecule has 1 aliphatic rings. The normalized spacial score (nSPS) is 16.1. The van der Waals surface area contributed by atoms with E-state index in [4.69, 9.17) is 10.5 Å². The van der Waals surface area contributed by atoms with Crippen molar-refractivity contribution >= 4 is 22.5 Å². The van der Waals surface area contributed by atoms with Crippen molar-refractivity contribution in [2.24, 2.45) is 5.73 Å². The van der Waals surface area contributed by atoms with E-state index in [1.54, 1.807) is 6.20 Å². The van der Waals surface area contributed by atoms with Crippen molar-refractivity contribution in [3.8, 4) is 16.9 Å². The standard InChI is InChI=1S/C26H26N4O2/c1-2-21-23-11-16(7-8-25(23)30-26(21)31)17-10-20(14-28-12-17)32-15-19(27)9-18-13-29-24-6-4-3-5-22(18)24/h3-8,10-14,19,21,29H,2,9,15,27H2,1H3,(H,30,31)/t19-,21?/m1/s1. The Bertz CT molecular complexity index is 1280. The van der Waals surface area contributed by atoms with Gasteiger partial charge in [-0.2, -0.15) is 0 Å². The molecule has 1 amide bonds. The molecule has 0 bridgehead atoms. The van der Waals surface area contributed by atoms with Gasteiger partial charge in [0.25, 0.3) is 0 Å². The van der Waals surface area contributed by atoms with Crippen molar-refractivity contribution in [2.45, 2.75) is 31.7 Å². The molecule has 4 aromatic rings. The first-order valence-electron chi connectivity index (χ1n) is 11.0. The molecule has 0 fully saturated rings. The van der Waals surface area contributed by atoms with Crippen LogP contribution < -0.4 is 15.8 Å². The molecule has 6 nitrogen and oxygen atoms in total. The number of hydrogen-bond donors (Lipinski definition) is 3. The average molecular weight is 427 g/mol. The van der Waals surface area contributed by atoms with E-state index in [0.29, 0.717) is 12.4 Å². The van der Waals surface area contributed by atoms with E-state index in [2.05, 4.69) is 33.5 Å². The fraction of sp³-hybridized carbons (Fsp3) is 0.231. The predicted molar refractivity (Wildman–Crippen MR) is 127 cm³/mol. The number of carbonyl (C=O) groups is 1. The molecule has 0 spiro atoms. The molecule has 162 valence electrons. The molecule has 0 saturated carbocycles. The van der Waals surface area contributed by atoms with Gasteiger partial charge >= 0.3 is 0 Å². The molecule has 1 unspecified atom stereocenters. The lowest BCUT2D eigenvalue weighted by molar-refractivity contribution is -0.117. The van der Waals surface area contributed by atoms with E-state index in [0.717, 1.165) is 40.7 Å². The number of carbonyl (C=O) groups excluding carboxylic acids is 1. The lowest BCUT2D eigenvalue weighted by atomic mass is 9.95. The van der Waals surface area contributed by atoms with Crippen LogP contribution >= 0.6 is 0 Å². The molecule has 4 N–H and O–H groups in total. The SMILES string of the molecule is CCC1C(=O)Nc2ccc(-c3cncc(OC[C@H](N)Cc4c[nH]c5ccccc45)c3)cc21. The molecule has 0 saturated heterocycles. The number of pyridine rings is 1. The summed E-state index contributed by atoms with van der Waals surface area (Å²) in [4.78, 5) is 19.8. The summed E-state index contributed by atoms with van der Waals surface area (Å²) in [5.41, 5.74) is 12.6. The molecule has 1 aliphatic heterocycles. The van der Waals surface area contributed by atoms with E-state index >= 15 is 0 Å². The van der Waals surface area contributed by atoms with E-state index in [-0.39, 0.29) is 17.9 Å². The molecule has 32 heavy (non-hydrogen) atoms. The fourth-order valence-electron chi connectivity index (χ4n) is 4.41. The maximum atomic E-state index is 12.1. The van der Waals surface area contributed by atoms with Gasteiger partial charge in [-0.05, 0) is 53.8 Å². The highest BCUT2D eigenvalue weighted by atomic mass is 16.5. The zero-order chi connectivity index (χ0) is 22.1. The third kappa shape index (κ3) is 3.85. The molecule has 2 aromatic heterocycles. The van der Waals surface area contributed by atoms with Crippen LogP contribution in [0.2, 0.25) is 0 Å². The summed E-state index contributed by atoms with van der Waals surface area (Å²) in [6.07, 6.45) is 7.03. The molecule has 2 atom stereocenters. The zero-order valence-electron chi connectivity index (χ0n) is 18.0. The number of hydrogen-bond acceptors (Lipinski definition) is 4. The number of amides is 1. The molecule has 0 aliphatic carbocycles. The van der Waals surface area contributed by atoms with Gasteiger partial charge in [-0.1, -0.05) is 31.2 Å². The van der Waals surface area contributed by atoms with Gasteiger partial charge < -0.3 is 20.8 Å². The second kappa shape index (κ2) is 8.48. The lowest BCUT2D eigenvalue weighted by Crippen LogP contribution is -2.30. The number of anilines is 1. The summed E-state index contributed by atoms with van der Waals surface area (Å²) in [5.74, 6) is 0.650. The van der Waals surface area contributed by atoms with Gasteiger partial charge in [-0.15, -0.1) is 0 Å². The van der Waals surface area contributed by atoms with E-state index in [9.17, 15) is 4.79 Å². The molecule has 0 radical (unpaired) electrons. The van der Waals surface area contributed by atoms with E-state index < -0.39 is 0 Å². The maximum Gasteiger partial charge on any atom is 0.231 e. The van der Waals surface area contributed by atoms with Crippen LogP contribution in [0.25, 0.3) is 22.0 Å². The summed E-state index contributed by atoms with van der Waals surface area (Å²) >= 11 is 0. The second-order valence-corrected chi connectivity index (χ2v) is 8.30. The van der Waals surface area contributed by atoms with Crippen LogP contribution in [0.1, 0.15) is 30.4 Å². The summed E-state index contributed by atoms with van der Waals surface area (Å²) in [6.45, 7) is 2.42. The van der Waals surface area contributed by atoms with Crippen molar-refractivity contribution in [1.29, 1.82) is 0 Å². The van der Waals surface area contributed by atoms with Crippen molar-refractivity contribution in [1.82, 2.24) is 9.97 Å². The Morgan fingerprint density at radius 3 is 2.88 bits per heavy atom. The van der Waals surface area contributed by atoms with Crippen LogP contribution in [-0.2, 0) is 11.2 Å². The highest BCUT2D eigenvalue weighted by Crippen LogP contribution is 2.37.